The molecular formula is C22H15F4N5O2. The van der Waals surface area contributed by atoms with Crippen LogP contribution in [0.4, 0.5) is 23.2 Å². The van der Waals surface area contributed by atoms with Crippen LogP contribution >= 0.6 is 0 Å². The van der Waals surface area contributed by atoms with E-state index in [4.69, 9.17) is 4.52 Å². The molecule has 0 saturated carbocycles. The number of amides is 1. The van der Waals surface area contributed by atoms with Gasteiger partial charge >= 0.3 is 6.18 Å². The van der Waals surface area contributed by atoms with E-state index < -0.39 is 23.5 Å². The monoisotopic (exact) mass is 457 g/mol. The second kappa shape index (κ2) is 7.54. The van der Waals surface area contributed by atoms with Gasteiger partial charge in [-0.3, -0.25) is 14.5 Å². The quantitative estimate of drug-likeness (QED) is 0.406. The van der Waals surface area contributed by atoms with Crippen LogP contribution in [-0.4, -0.2) is 32.4 Å². The van der Waals surface area contributed by atoms with Gasteiger partial charge in [0.2, 0.25) is 0 Å². The topological polar surface area (TPSA) is 77.1 Å². The molecule has 0 fully saturated rings. The van der Waals surface area contributed by atoms with Crippen molar-refractivity contribution < 1.29 is 26.9 Å². The minimum Gasteiger partial charge on any atom is -0.356 e. The van der Waals surface area contributed by atoms with Crippen molar-refractivity contribution in [2.45, 2.75) is 19.1 Å². The number of pyridine rings is 1. The molecule has 1 atom stereocenters. The number of carbonyl (C=O) groups is 1. The first kappa shape index (κ1) is 20.9. The molecule has 3 aromatic heterocycles. The summed E-state index contributed by atoms with van der Waals surface area (Å²) in [5, 5.41) is 8.30. The first-order valence-electron chi connectivity index (χ1n) is 9.87. The second-order valence-electron chi connectivity index (χ2n) is 7.63. The van der Waals surface area contributed by atoms with E-state index in [0.717, 1.165) is 18.3 Å². The van der Waals surface area contributed by atoms with E-state index in [2.05, 4.69) is 15.2 Å². The molecule has 0 radical (unpaired) electrons. The number of fused-ring (bicyclic) bond motifs is 1. The van der Waals surface area contributed by atoms with E-state index in [0.29, 0.717) is 22.5 Å². The number of hydrogen-bond donors (Lipinski definition) is 0. The maximum absolute atomic E-state index is 13.5. The summed E-state index contributed by atoms with van der Waals surface area (Å²) < 4.78 is 59.1. The number of aromatic nitrogens is 4. The lowest BCUT2D eigenvalue weighted by Crippen LogP contribution is -2.42. The molecule has 1 aromatic carbocycles. The van der Waals surface area contributed by atoms with Gasteiger partial charge in [-0.1, -0.05) is 5.16 Å². The summed E-state index contributed by atoms with van der Waals surface area (Å²) in [4.78, 5) is 18.5. The highest BCUT2D eigenvalue weighted by atomic mass is 19.4. The zero-order valence-electron chi connectivity index (χ0n) is 17.0. The van der Waals surface area contributed by atoms with Gasteiger partial charge in [-0.25, -0.2) is 4.39 Å². The zero-order valence-corrected chi connectivity index (χ0v) is 17.0. The lowest BCUT2D eigenvalue weighted by atomic mass is 10.1. The number of carbonyl (C=O) groups excluding carboxylic acids is 1. The first-order chi connectivity index (χ1) is 15.7. The second-order valence-corrected chi connectivity index (χ2v) is 7.63. The first-order valence-corrected chi connectivity index (χ1v) is 9.87. The van der Waals surface area contributed by atoms with Gasteiger partial charge in [0, 0.05) is 30.1 Å². The normalized spacial score (nSPS) is 16.2. The summed E-state index contributed by atoms with van der Waals surface area (Å²) in [5.41, 5.74) is 0.848. The molecule has 4 aromatic rings. The molecule has 11 heteroatoms. The van der Waals surface area contributed by atoms with Gasteiger partial charge < -0.3 is 9.42 Å². The number of rotatable bonds is 3. The van der Waals surface area contributed by atoms with Gasteiger partial charge in [0.05, 0.1) is 29.6 Å². The predicted molar refractivity (Wildman–Crippen MR) is 109 cm³/mol. The molecule has 1 aliphatic rings. The van der Waals surface area contributed by atoms with Gasteiger partial charge in [0.1, 0.15) is 17.2 Å². The van der Waals surface area contributed by atoms with E-state index in [-0.39, 0.29) is 24.0 Å². The Morgan fingerprint density at radius 3 is 2.55 bits per heavy atom. The highest BCUT2D eigenvalue weighted by molar-refractivity contribution is 6.09. The lowest BCUT2D eigenvalue weighted by Gasteiger charge is -2.32. The average molecular weight is 457 g/mol. The molecule has 0 N–H and O–H groups in total. The number of benzene rings is 1. The van der Waals surface area contributed by atoms with Crippen molar-refractivity contribution >= 4 is 11.6 Å². The Balaban J connectivity index is 1.50. The van der Waals surface area contributed by atoms with Crippen LogP contribution in [0.2, 0.25) is 0 Å². The highest BCUT2D eigenvalue weighted by Crippen LogP contribution is 2.35. The van der Waals surface area contributed by atoms with E-state index in [9.17, 15) is 22.4 Å². The highest BCUT2D eigenvalue weighted by Gasteiger charge is 2.35. The minimum absolute atomic E-state index is 0.228. The van der Waals surface area contributed by atoms with Crippen LogP contribution in [0.25, 0.3) is 22.6 Å². The Labute approximate surface area is 184 Å². The molecule has 5 rings (SSSR count). The summed E-state index contributed by atoms with van der Waals surface area (Å²) in [6.07, 6.45) is -0.512. The van der Waals surface area contributed by atoms with Crippen LogP contribution in [0.5, 0.6) is 0 Å². The summed E-state index contributed by atoms with van der Waals surface area (Å²) in [5.74, 6) is -0.713. The summed E-state index contributed by atoms with van der Waals surface area (Å²) >= 11 is 0. The van der Waals surface area contributed by atoms with E-state index >= 15 is 0 Å². The fourth-order valence-corrected chi connectivity index (χ4v) is 3.79. The SMILES string of the molecule is CC1CN(c2ccc(C(F)(F)F)cc2)C(=O)c2c(-c3cc(-c4cncc(F)c4)on3)cnn21. The van der Waals surface area contributed by atoms with Crippen molar-refractivity contribution in [1.82, 2.24) is 19.9 Å². The van der Waals surface area contributed by atoms with Gasteiger partial charge in [-0.05, 0) is 37.3 Å². The fraction of sp³-hybridized carbons (Fsp3) is 0.182. The summed E-state index contributed by atoms with van der Waals surface area (Å²) in [6, 6.07) is 6.96. The molecule has 0 aliphatic carbocycles. The van der Waals surface area contributed by atoms with Gasteiger partial charge in [-0.15, -0.1) is 0 Å². The Kier molecular flexibility index (Phi) is 4.76. The number of alkyl halides is 3. The van der Waals surface area contributed by atoms with Crippen molar-refractivity contribution in [1.29, 1.82) is 0 Å². The molecular weight excluding hydrogens is 442 g/mol. The van der Waals surface area contributed by atoms with Crippen LogP contribution < -0.4 is 4.90 Å². The van der Waals surface area contributed by atoms with Crippen LogP contribution in [0, 0.1) is 5.82 Å². The molecule has 1 unspecified atom stereocenters. The number of anilines is 1. The van der Waals surface area contributed by atoms with Gasteiger partial charge in [0.25, 0.3) is 5.91 Å². The van der Waals surface area contributed by atoms with Crippen molar-refractivity contribution in [2.24, 2.45) is 0 Å². The zero-order chi connectivity index (χ0) is 23.3. The number of nitrogens with zero attached hydrogens (tertiary/aromatic N) is 5. The minimum atomic E-state index is -4.47. The lowest BCUT2D eigenvalue weighted by molar-refractivity contribution is -0.137. The fourth-order valence-electron chi connectivity index (χ4n) is 3.79. The molecule has 1 amide bonds. The smallest absolute Gasteiger partial charge is 0.356 e. The van der Waals surface area contributed by atoms with E-state index in [1.165, 1.54) is 35.5 Å². The van der Waals surface area contributed by atoms with Crippen molar-refractivity contribution in [3.63, 3.8) is 0 Å². The molecule has 0 saturated heterocycles. The standard InChI is InChI=1S/C22H15F4N5O2/c1-12-11-30(16-4-2-14(3-5-16)22(24,25)26)21(32)20-17(10-28-31(12)20)18-7-19(33-29-18)13-6-15(23)9-27-8-13/h2-10,12H,11H2,1H3. The van der Waals surface area contributed by atoms with E-state index in [1.54, 1.807) is 10.7 Å². The Morgan fingerprint density at radius 1 is 1.09 bits per heavy atom. The van der Waals surface area contributed by atoms with Crippen molar-refractivity contribution in [2.75, 3.05) is 11.4 Å². The van der Waals surface area contributed by atoms with Crippen LogP contribution in [0.15, 0.2) is 59.5 Å². The molecule has 4 heterocycles. The van der Waals surface area contributed by atoms with Crippen molar-refractivity contribution in [3.8, 4) is 22.6 Å². The van der Waals surface area contributed by atoms with Gasteiger partial charge in [0.15, 0.2) is 5.76 Å². The van der Waals surface area contributed by atoms with E-state index in [1.807, 2.05) is 6.92 Å². The van der Waals surface area contributed by atoms with Crippen LogP contribution in [0.1, 0.15) is 29.0 Å². The molecule has 0 spiro atoms. The molecule has 33 heavy (non-hydrogen) atoms. The maximum atomic E-state index is 13.5. The Bertz CT molecular complexity index is 1340. The average Bonchev–Trinajstić information content (AvgIpc) is 3.43. The third kappa shape index (κ3) is 3.65. The van der Waals surface area contributed by atoms with Crippen LogP contribution in [0.3, 0.4) is 0 Å². The van der Waals surface area contributed by atoms with Crippen LogP contribution in [-0.2, 0) is 6.18 Å². The molecule has 7 nitrogen and oxygen atoms in total. The number of hydrogen-bond acceptors (Lipinski definition) is 5. The summed E-state index contributed by atoms with van der Waals surface area (Å²) in [7, 11) is 0. The molecule has 168 valence electrons. The molecule has 1 aliphatic heterocycles. The predicted octanol–water partition coefficient (Wildman–Crippen LogP) is 4.98. The van der Waals surface area contributed by atoms with Gasteiger partial charge in [-0.2, -0.15) is 18.3 Å². The third-order valence-corrected chi connectivity index (χ3v) is 5.39. The summed E-state index contributed by atoms with van der Waals surface area (Å²) in [6.45, 7) is 2.08. The Morgan fingerprint density at radius 2 is 1.85 bits per heavy atom. The third-order valence-electron chi connectivity index (χ3n) is 5.39. The van der Waals surface area contributed by atoms with Crippen molar-refractivity contribution in [3.05, 3.63) is 72.1 Å². The largest absolute Gasteiger partial charge is 0.416 e. The number of halogens is 4. The maximum Gasteiger partial charge on any atom is 0.416 e. The molecule has 0 bridgehead atoms. The Hall–Kier alpha value is -4.02.